The van der Waals surface area contributed by atoms with E-state index >= 15 is 0 Å². The minimum Gasteiger partial charge on any atom is -0.466 e. The highest BCUT2D eigenvalue weighted by Gasteiger charge is 1.99. The van der Waals surface area contributed by atoms with Gasteiger partial charge in [0.15, 0.2) is 0 Å². The van der Waals surface area contributed by atoms with Crippen molar-refractivity contribution in [3.8, 4) is 0 Å². The van der Waals surface area contributed by atoms with E-state index in [1.807, 2.05) is 12.1 Å². The quantitative estimate of drug-likeness (QED) is 0.599. The first-order chi connectivity index (χ1) is 7.65. The third kappa shape index (κ3) is 3.31. The number of nitrogens with two attached hydrogens (primary N) is 2. The van der Waals surface area contributed by atoms with Crippen molar-refractivity contribution in [3.63, 3.8) is 0 Å². The molecule has 0 saturated heterocycles. The predicted octanol–water partition coefficient (Wildman–Crippen LogP) is 1.82. The van der Waals surface area contributed by atoms with Gasteiger partial charge in [0.05, 0.1) is 24.4 Å². The average Bonchev–Trinajstić information content (AvgIpc) is 2.25. The fourth-order valence-electron chi connectivity index (χ4n) is 1.25. The smallest absolute Gasteiger partial charge is 0.309 e. The van der Waals surface area contributed by atoms with Gasteiger partial charge < -0.3 is 16.2 Å². The zero-order valence-electron chi connectivity index (χ0n) is 9.27. The van der Waals surface area contributed by atoms with Crippen LogP contribution in [0.3, 0.4) is 0 Å². The molecule has 0 radical (unpaired) electrons. The fraction of sp³-hybridized carbons (Fsp3) is 0.250. The molecule has 4 N–H and O–H groups in total. The number of anilines is 2. The van der Waals surface area contributed by atoms with Crippen molar-refractivity contribution >= 4 is 23.4 Å². The van der Waals surface area contributed by atoms with Crippen LogP contribution in [-0.4, -0.2) is 12.6 Å². The lowest BCUT2D eigenvalue weighted by atomic mass is 10.1. The first-order valence-corrected chi connectivity index (χ1v) is 5.11. The van der Waals surface area contributed by atoms with Crippen LogP contribution in [0.25, 0.3) is 6.08 Å². The van der Waals surface area contributed by atoms with Crippen LogP contribution >= 0.6 is 0 Å². The Labute approximate surface area is 94.9 Å². The van der Waals surface area contributed by atoms with Gasteiger partial charge in [-0.3, -0.25) is 4.79 Å². The molecular formula is C12H16N2O2. The molecule has 1 aromatic rings. The summed E-state index contributed by atoms with van der Waals surface area (Å²) >= 11 is 0. The molecule has 1 rings (SSSR count). The monoisotopic (exact) mass is 220 g/mol. The summed E-state index contributed by atoms with van der Waals surface area (Å²) in [5.74, 6) is -0.249. The second-order valence-electron chi connectivity index (χ2n) is 3.26. The van der Waals surface area contributed by atoms with Gasteiger partial charge in [-0.25, -0.2) is 0 Å². The number of carbonyl (C=O) groups is 1. The number of rotatable bonds is 4. The van der Waals surface area contributed by atoms with Gasteiger partial charge in [0.25, 0.3) is 0 Å². The molecule has 16 heavy (non-hydrogen) atoms. The molecule has 0 aliphatic heterocycles. The first-order valence-electron chi connectivity index (χ1n) is 5.11. The third-order valence-corrected chi connectivity index (χ3v) is 2.06. The number of esters is 1. The maximum absolute atomic E-state index is 11.1. The Bertz CT molecular complexity index is 400. The zero-order valence-corrected chi connectivity index (χ0v) is 9.27. The van der Waals surface area contributed by atoms with Crippen LogP contribution in [0.5, 0.6) is 0 Å². The molecule has 0 aliphatic carbocycles. The molecule has 0 aromatic heterocycles. The van der Waals surface area contributed by atoms with Crippen LogP contribution in [0.15, 0.2) is 24.3 Å². The number of ether oxygens (including phenoxy) is 1. The highest BCUT2D eigenvalue weighted by atomic mass is 16.5. The van der Waals surface area contributed by atoms with Crippen LogP contribution < -0.4 is 11.5 Å². The summed E-state index contributed by atoms with van der Waals surface area (Å²) in [6.45, 7) is 2.17. The van der Waals surface area contributed by atoms with Crippen molar-refractivity contribution in [3.05, 3.63) is 29.8 Å². The lowest BCUT2D eigenvalue weighted by Gasteiger charge is -2.03. The molecule has 0 bridgehead atoms. The largest absolute Gasteiger partial charge is 0.466 e. The second kappa shape index (κ2) is 5.80. The van der Waals surface area contributed by atoms with E-state index in [0.717, 1.165) is 5.56 Å². The lowest BCUT2D eigenvalue weighted by Crippen LogP contribution is -2.01. The number of carbonyl (C=O) groups excluding carboxylic acids is 1. The van der Waals surface area contributed by atoms with E-state index in [1.54, 1.807) is 25.1 Å². The van der Waals surface area contributed by atoms with E-state index < -0.39 is 0 Å². The van der Waals surface area contributed by atoms with Gasteiger partial charge in [0, 0.05) is 0 Å². The number of para-hydroxylation sites is 1. The zero-order chi connectivity index (χ0) is 12.0. The fourth-order valence-corrected chi connectivity index (χ4v) is 1.25. The van der Waals surface area contributed by atoms with E-state index in [4.69, 9.17) is 16.2 Å². The highest BCUT2D eigenvalue weighted by molar-refractivity contribution is 5.77. The standard InChI is InChI=1S/C12H16N2O2/c1-2-16-11(15)8-4-6-9-5-3-7-10(13)12(9)14/h3-7H,2,8,13-14H2,1H3. The number of hydrogen-bond donors (Lipinski definition) is 2. The molecule has 0 spiro atoms. The molecule has 1 aromatic carbocycles. The van der Waals surface area contributed by atoms with Gasteiger partial charge >= 0.3 is 5.97 Å². The average molecular weight is 220 g/mol. The molecule has 0 amide bonds. The Morgan fingerprint density at radius 1 is 1.44 bits per heavy atom. The van der Waals surface area contributed by atoms with Crippen LogP contribution in [0.4, 0.5) is 11.4 Å². The highest BCUT2D eigenvalue weighted by Crippen LogP contribution is 2.20. The molecule has 0 fully saturated rings. The third-order valence-electron chi connectivity index (χ3n) is 2.06. The maximum atomic E-state index is 11.1. The number of hydrogen-bond acceptors (Lipinski definition) is 4. The van der Waals surface area contributed by atoms with Gasteiger partial charge in [-0.2, -0.15) is 0 Å². The van der Waals surface area contributed by atoms with E-state index in [-0.39, 0.29) is 12.4 Å². The summed E-state index contributed by atoms with van der Waals surface area (Å²) in [7, 11) is 0. The van der Waals surface area contributed by atoms with Gasteiger partial charge in [-0.15, -0.1) is 0 Å². The lowest BCUT2D eigenvalue weighted by molar-refractivity contribution is -0.142. The van der Waals surface area contributed by atoms with E-state index in [9.17, 15) is 4.79 Å². The summed E-state index contributed by atoms with van der Waals surface area (Å²) in [5.41, 5.74) is 13.3. The Balaban J connectivity index is 2.63. The first kappa shape index (κ1) is 12.1. The van der Waals surface area contributed by atoms with Crippen LogP contribution in [-0.2, 0) is 9.53 Å². The molecular weight excluding hydrogens is 204 g/mol. The molecule has 0 saturated carbocycles. The van der Waals surface area contributed by atoms with Gasteiger partial charge in [0.2, 0.25) is 0 Å². The molecule has 4 heteroatoms. The normalized spacial score (nSPS) is 10.6. The second-order valence-corrected chi connectivity index (χ2v) is 3.26. The summed E-state index contributed by atoms with van der Waals surface area (Å²) in [4.78, 5) is 11.1. The number of nitrogen functional groups attached to an aromatic ring is 2. The molecule has 0 heterocycles. The van der Waals surface area contributed by atoms with Crippen LogP contribution in [0.1, 0.15) is 18.9 Å². The summed E-state index contributed by atoms with van der Waals surface area (Å²) in [5, 5.41) is 0. The van der Waals surface area contributed by atoms with Gasteiger partial charge in [0.1, 0.15) is 0 Å². The van der Waals surface area contributed by atoms with Gasteiger partial charge in [-0.1, -0.05) is 24.3 Å². The SMILES string of the molecule is CCOC(=O)CC=Cc1cccc(N)c1N. The summed E-state index contributed by atoms with van der Waals surface area (Å²) < 4.78 is 4.79. The number of benzene rings is 1. The van der Waals surface area contributed by atoms with Crippen molar-refractivity contribution in [1.29, 1.82) is 0 Å². The van der Waals surface area contributed by atoms with Crippen molar-refractivity contribution in [2.24, 2.45) is 0 Å². The minimum atomic E-state index is -0.249. The van der Waals surface area contributed by atoms with Crippen molar-refractivity contribution < 1.29 is 9.53 Å². The van der Waals surface area contributed by atoms with Crippen LogP contribution in [0, 0.1) is 0 Å². The van der Waals surface area contributed by atoms with Gasteiger partial charge in [-0.05, 0) is 18.6 Å². The Morgan fingerprint density at radius 2 is 2.19 bits per heavy atom. The predicted molar refractivity (Wildman–Crippen MR) is 65.6 cm³/mol. The molecule has 86 valence electrons. The van der Waals surface area contributed by atoms with Crippen molar-refractivity contribution in [2.75, 3.05) is 18.1 Å². The Morgan fingerprint density at radius 3 is 2.88 bits per heavy atom. The van der Waals surface area contributed by atoms with Crippen molar-refractivity contribution in [1.82, 2.24) is 0 Å². The molecule has 4 nitrogen and oxygen atoms in total. The van der Waals surface area contributed by atoms with E-state index in [0.29, 0.717) is 18.0 Å². The summed E-state index contributed by atoms with van der Waals surface area (Å²) in [6.07, 6.45) is 3.72. The molecule has 0 atom stereocenters. The Hall–Kier alpha value is -1.97. The van der Waals surface area contributed by atoms with Crippen molar-refractivity contribution in [2.45, 2.75) is 13.3 Å². The van der Waals surface area contributed by atoms with Crippen LogP contribution in [0.2, 0.25) is 0 Å². The molecule has 0 unspecified atom stereocenters. The van der Waals surface area contributed by atoms with E-state index in [1.165, 1.54) is 0 Å². The molecule has 0 aliphatic rings. The maximum Gasteiger partial charge on any atom is 0.309 e. The topological polar surface area (TPSA) is 78.3 Å². The summed E-state index contributed by atoms with van der Waals surface area (Å²) in [6, 6.07) is 5.39. The minimum absolute atomic E-state index is 0.238. The Kier molecular flexibility index (Phi) is 4.39. The van der Waals surface area contributed by atoms with E-state index in [2.05, 4.69) is 0 Å².